The quantitative estimate of drug-likeness (QED) is 0.732. The molecular formula is C22H26N2O4. The lowest BCUT2D eigenvalue weighted by molar-refractivity contribution is -0.136. The Bertz CT molecular complexity index is 794. The van der Waals surface area contributed by atoms with Crippen molar-refractivity contribution in [3.05, 3.63) is 48.4 Å². The number of rotatable bonds is 7. The van der Waals surface area contributed by atoms with Crippen molar-refractivity contribution in [3.8, 4) is 5.75 Å². The minimum absolute atomic E-state index is 0.000794. The van der Waals surface area contributed by atoms with Crippen LogP contribution < -0.4 is 9.64 Å². The maximum Gasteiger partial charge on any atom is 0.261 e. The van der Waals surface area contributed by atoms with E-state index in [0.717, 1.165) is 50.1 Å². The molecule has 2 heterocycles. The molecule has 0 bridgehead atoms. The second-order valence-corrected chi connectivity index (χ2v) is 7.47. The van der Waals surface area contributed by atoms with E-state index in [1.54, 1.807) is 11.2 Å². The van der Waals surface area contributed by atoms with Crippen molar-refractivity contribution in [1.82, 2.24) is 4.90 Å². The average Bonchev–Trinajstić information content (AvgIpc) is 3.47. The molecule has 1 aromatic carbocycles. The number of ether oxygens (including phenoxy) is 1. The smallest absolute Gasteiger partial charge is 0.261 e. The van der Waals surface area contributed by atoms with Crippen LogP contribution in [0.2, 0.25) is 0 Å². The Morgan fingerprint density at radius 1 is 1.14 bits per heavy atom. The van der Waals surface area contributed by atoms with Crippen LogP contribution in [0, 0.1) is 0 Å². The molecule has 2 amide bonds. The summed E-state index contributed by atoms with van der Waals surface area (Å²) in [6.07, 6.45) is 7.53. The lowest BCUT2D eigenvalue weighted by atomic mass is 10.2. The van der Waals surface area contributed by atoms with E-state index in [-0.39, 0.29) is 24.5 Å². The van der Waals surface area contributed by atoms with Gasteiger partial charge in [0.05, 0.1) is 12.8 Å². The van der Waals surface area contributed by atoms with E-state index in [4.69, 9.17) is 9.15 Å². The summed E-state index contributed by atoms with van der Waals surface area (Å²) in [5.41, 5.74) is 0.881. The van der Waals surface area contributed by atoms with Crippen LogP contribution in [-0.4, -0.2) is 35.9 Å². The molecule has 2 fully saturated rings. The first-order chi connectivity index (χ1) is 13.7. The molecule has 1 saturated carbocycles. The van der Waals surface area contributed by atoms with Gasteiger partial charge in [-0.15, -0.1) is 0 Å². The van der Waals surface area contributed by atoms with Crippen LogP contribution >= 0.6 is 0 Å². The third-order valence-electron chi connectivity index (χ3n) is 5.58. The lowest BCUT2D eigenvalue weighted by Crippen LogP contribution is -2.41. The average molecular weight is 382 g/mol. The van der Waals surface area contributed by atoms with Crippen LogP contribution in [0.3, 0.4) is 0 Å². The summed E-state index contributed by atoms with van der Waals surface area (Å²) in [4.78, 5) is 28.4. The van der Waals surface area contributed by atoms with Gasteiger partial charge < -0.3 is 19.0 Å². The van der Waals surface area contributed by atoms with Crippen LogP contribution in [-0.2, 0) is 16.1 Å². The Morgan fingerprint density at radius 3 is 2.57 bits per heavy atom. The monoisotopic (exact) mass is 382 g/mol. The fourth-order valence-corrected chi connectivity index (χ4v) is 4.08. The molecule has 6 heteroatoms. The first-order valence-electron chi connectivity index (χ1n) is 10.1. The van der Waals surface area contributed by atoms with E-state index in [0.29, 0.717) is 18.7 Å². The van der Waals surface area contributed by atoms with Crippen molar-refractivity contribution in [1.29, 1.82) is 0 Å². The molecule has 1 aromatic heterocycles. The molecule has 6 nitrogen and oxygen atoms in total. The first-order valence-corrected chi connectivity index (χ1v) is 10.1. The van der Waals surface area contributed by atoms with Crippen molar-refractivity contribution in [3.63, 3.8) is 0 Å². The molecule has 0 spiro atoms. The number of carbonyl (C=O) groups is 2. The fourth-order valence-electron chi connectivity index (χ4n) is 4.08. The summed E-state index contributed by atoms with van der Waals surface area (Å²) in [5, 5.41) is 0. The van der Waals surface area contributed by atoms with Crippen LogP contribution in [0.4, 0.5) is 5.69 Å². The van der Waals surface area contributed by atoms with Gasteiger partial charge in [0.2, 0.25) is 5.91 Å². The van der Waals surface area contributed by atoms with Crippen LogP contribution in [0.1, 0.15) is 44.3 Å². The molecule has 28 heavy (non-hydrogen) atoms. The Kier molecular flexibility index (Phi) is 5.65. The molecule has 148 valence electrons. The second-order valence-electron chi connectivity index (χ2n) is 7.47. The topological polar surface area (TPSA) is 63.0 Å². The van der Waals surface area contributed by atoms with E-state index in [1.807, 2.05) is 41.3 Å². The van der Waals surface area contributed by atoms with Crippen molar-refractivity contribution in [2.75, 3.05) is 18.1 Å². The zero-order chi connectivity index (χ0) is 19.3. The largest absolute Gasteiger partial charge is 0.484 e. The molecule has 1 aliphatic carbocycles. The second kappa shape index (κ2) is 8.50. The van der Waals surface area contributed by atoms with Gasteiger partial charge in [0.1, 0.15) is 11.5 Å². The number of carbonyl (C=O) groups excluding carboxylic acids is 2. The molecule has 4 rings (SSSR count). The Morgan fingerprint density at radius 2 is 1.93 bits per heavy atom. The molecule has 2 aliphatic rings. The summed E-state index contributed by atoms with van der Waals surface area (Å²) in [5.74, 6) is 1.56. The minimum atomic E-state index is -0.0258. The lowest BCUT2D eigenvalue weighted by Gasteiger charge is -2.28. The predicted octanol–water partition coefficient (Wildman–Crippen LogP) is 3.76. The molecule has 0 unspecified atom stereocenters. The molecule has 0 atom stereocenters. The van der Waals surface area contributed by atoms with Gasteiger partial charge in [0, 0.05) is 24.7 Å². The van der Waals surface area contributed by atoms with Gasteiger partial charge in [-0.05, 0) is 55.7 Å². The molecule has 0 N–H and O–H groups in total. The van der Waals surface area contributed by atoms with Gasteiger partial charge in [-0.1, -0.05) is 12.8 Å². The zero-order valence-electron chi connectivity index (χ0n) is 16.0. The molecule has 1 aliphatic heterocycles. The molecule has 2 aromatic rings. The number of amides is 2. The summed E-state index contributed by atoms with van der Waals surface area (Å²) >= 11 is 0. The SMILES string of the molecule is O=C1CCCN1c1ccc(OCC(=O)N(Cc2ccco2)C2CCCC2)cc1. The third kappa shape index (κ3) is 4.21. The number of anilines is 1. The number of nitrogens with zero attached hydrogens (tertiary/aromatic N) is 2. The van der Waals surface area contributed by atoms with Gasteiger partial charge in [0.15, 0.2) is 6.61 Å². The van der Waals surface area contributed by atoms with Crippen LogP contribution in [0.15, 0.2) is 47.1 Å². The van der Waals surface area contributed by atoms with Gasteiger partial charge in [0.25, 0.3) is 5.91 Å². The van der Waals surface area contributed by atoms with Gasteiger partial charge in [-0.25, -0.2) is 0 Å². The van der Waals surface area contributed by atoms with Crippen molar-refractivity contribution in [2.45, 2.75) is 51.1 Å². The normalized spacial score (nSPS) is 17.3. The molecule has 1 saturated heterocycles. The molecule has 0 radical (unpaired) electrons. The number of hydrogen-bond donors (Lipinski definition) is 0. The van der Waals surface area contributed by atoms with E-state index in [2.05, 4.69) is 0 Å². The van der Waals surface area contributed by atoms with E-state index in [1.165, 1.54) is 0 Å². The Balaban J connectivity index is 1.36. The summed E-state index contributed by atoms with van der Waals surface area (Å²) in [7, 11) is 0. The number of hydrogen-bond acceptors (Lipinski definition) is 4. The van der Waals surface area contributed by atoms with E-state index < -0.39 is 0 Å². The van der Waals surface area contributed by atoms with Crippen molar-refractivity contribution in [2.24, 2.45) is 0 Å². The van der Waals surface area contributed by atoms with Crippen molar-refractivity contribution < 1.29 is 18.7 Å². The van der Waals surface area contributed by atoms with Crippen LogP contribution in [0.25, 0.3) is 0 Å². The Labute approximate surface area is 165 Å². The van der Waals surface area contributed by atoms with E-state index >= 15 is 0 Å². The summed E-state index contributed by atoms with van der Waals surface area (Å²) in [6, 6.07) is 11.4. The van der Waals surface area contributed by atoms with Gasteiger partial charge >= 0.3 is 0 Å². The predicted molar refractivity (Wildman–Crippen MR) is 105 cm³/mol. The highest BCUT2D eigenvalue weighted by molar-refractivity contribution is 5.95. The highest BCUT2D eigenvalue weighted by Crippen LogP contribution is 2.26. The molecular weight excluding hydrogens is 356 g/mol. The summed E-state index contributed by atoms with van der Waals surface area (Å²) in [6.45, 7) is 1.25. The van der Waals surface area contributed by atoms with Crippen LogP contribution in [0.5, 0.6) is 5.75 Å². The number of furan rings is 1. The summed E-state index contributed by atoms with van der Waals surface area (Å²) < 4.78 is 11.2. The van der Waals surface area contributed by atoms with Gasteiger partial charge in [-0.3, -0.25) is 9.59 Å². The van der Waals surface area contributed by atoms with Crippen molar-refractivity contribution >= 4 is 17.5 Å². The zero-order valence-corrected chi connectivity index (χ0v) is 16.0. The minimum Gasteiger partial charge on any atom is -0.484 e. The van der Waals surface area contributed by atoms with Gasteiger partial charge in [-0.2, -0.15) is 0 Å². The highest BCUT2D eigenvalue weighted by Gasteiger charge is 2.28. The maximum absolute atomic E-state index is 12.9. The first kappa shape index (κ1) is 18.6. The maximum atomic E-state index is 12.9. The Hall–Kier alpha value is -2.76. The third-order valence-corrected chi connectivity index (χ3v) is 5.58. The highest BCUT2D eigenvalue weighted by atomic mass is 16.5. The fraction of sp³-hybridized carbons (Fsp3) is 0.455. The van der Waals surface area contributed by atoms with E-state index in [9.17, 15) is 9.59 Å². The standard InChI is InChI=1S/C22H26N2O4/c25-21-8-3-13-23(21)18-9-11-19(12-10-18)28-16-22(26)24(17-5-1-2-6-17)15-20-7-4-14-27-20/h4,7,9-12,14,17H,1-3,5-6,8,13,15-16H2. The number of benzene rings is 1.